The molecular formula is C17H20N4O8S. The highest BCUT2D eigenvalue weighted by molar-refractivity contribution is 7.16. The molecular weight excluding hydrogens is 420 g/mol. The van der Waals surface area contributed by atoms with Crippen LogP contribution in [0.2, 0.25) is 0 Å². The standard InChI is InChI=1S/C17H20N4O8S/c1-7(22)26-6-11-17(4,29-9(3)24)12(27-8(2)23)14(28-11)21-13-10(30-16(21)25)5-19-15(18)20-13/h5,11-12,14H,6H2,1-4H3,(H2,18,19,20)/t11?,12-,14+,17-/m0/s1. The number of ether oxygens (including phenoxy) is 4. The summed E-state index contributed by atoms with van der Waals surface area (Å²) in [6.45, 7) is 4.71. The first-order chi connectivity index (χ1) is 14.0. The van der Waals surface area contributed by atoms with E-state index in [-0.39, 0.29) is 18.2 Å². The maximum Gasteiger partial charge on any atom is 0.311 e. The number of esters is 3. The van der Waals surface area contributed by atoms with E-state index in [1.807, 2.05) is 0 Å². The number of nitrogens with two attached hydrogens (primary N) is 1. The van der Waals surface area contributed by atoms with Crippen LogP contribution in [-0.2, 0) is 33.3 Å². The lowest BCUT2D eigenvalue weighted by Crippen LogP contribution is -2.52. The number of carbonyl (C=O) groups excluding carboxylic acids is 3. The van der Waals surface area contributed by atoms with E-state index in [0.29, 0.717) is 4.70 Å². The molecule has 2 aromatic heterocycles. The maximum absolute atomic E-state index is 12.7. The van der Waals surface area contributed by atoms with Gasteiger partial charge in [-0.1, -0.05) is 11.3 Å². The van der Waals surface area contributed by atoms with Gasteiger partial charge in [-0.15, -0.1) is 0 Å². The van der Waals surface area contributed by atoms with Crippen molar-refractivity contribution in [3.8, 4) is 0 Å². The zero-order valence-corrected chi connectivity index (χ0v) is 17.4. The van der Waals surface area contributed by atoms with E-state index >= 15 is 0 Å². The largest absolute Gasteiger partial charge is 0.463 e. The third-order valence-electron chi connectivity index (χ3n) is 4.49. The lowest BCUT2D eigenvalue weighted by molar-refractivity contribution is -0.183. The molecule has 2 aromatic rings. The number of thiazole rings is 1. The van der Waals surface area contributed by atoms with Crippen molar-refractivity contribution in [2.45, 2.75) is 51.7 Å². The number of rotatable bonds is 5. The molecule has 1 saturated heterocycles. The molecule has 0 saturated carbocycles. The number of anilines is 1. The fourth-order valence-corrected chi connectivity index (χ4v) is 4.11. The Morgan fingerprint density at radius 1 is 1.27 bits per heavy atom. The Labute approximate surface area is 173 Å². The van der Waals surface area contributed by atoms with Crippen LogP contribution in [0, 0.1) is 0 Å². The summed E-state index contributed by atoms with van der Waals surface area (Å²) in [5.74, 6) is -2.03. The van der Waals surface area contributed by atoms with Crippen molar-refractivity contribution < 1.29 is 33.3 Å². The van der Waals surface area contributed by atoms with Crippen LogP contribution < -0.4 is 10.6 Å². The average molecular weight is 440 g/mol. The predicted octanol–water partition coefficient (Wildman–Crippen LogP) is 0.149. The highest BCUT2D eigenvalue weighted by atomic mass is 32.1. The molecule has 0 aromatic carbocycles. The molecule has 3 heterocycles. The van der Waals surface area contributed by atoms with Gasteiger partial charge in [-0.2, -0.15) is 4.98 Å². The Bertz CT molecular complexity index is 1070. The van der Waals surface area contributed by atoms with Crippen LogP contribution in [0.4, 0.5) is 5.95 Å². The van der Waals surface area contributed by atoms with E-state index in [0.717, 1.165) is 15.9 Å². The number of hydrogen-bond acceptors (Lipinski definition) is 12. The summed E-state index contributed by atoms with van der Waals surface area (Å²) in [4.78, 5) is 55.2. The van der Waals surface area contributed by atoms with Crippen molar-refractivity contribution in [3.63, 3.8) is 0 Å². The number of aromatic nitrogens is 3. The molecule has 30 heavy (non-hydrogen) atoms. The van der Waals surface area contributed by atoms with Crippen molar-refractivity contribution in [3.05, 3.63) is 15.9 Å². The number of nitrogen functional groups attached to an aromatic ring is 1. The van der Waals surface area contributed by atoms with E-state index in [2.05, 4.69) is 9.97 Å². The van der Waals surface area contributed by atoms with E-state index < -0.39 is 46.8 Å². The fraction of sp³-hybridized carbons (Fsp3) is 0.529. The molecule has 13 heteroatoms. The smallest absolute Gasteiger partial charge is 0.311 e. The van der Waals surface area contributed by atoms with Gasteiger partial charge in [-0.3, -0.25) is 23.7 Å². The molecule has 0 bridgehead atoms. The monoisotopic (exact) mass is 440 g/mol. The SMILES string of the molecule is CC(=O)OCC1O[C@@H](n2c(=O)sc3cnc(N)nc32)[C@H](OC(C)=O)[C@@]1(C)OC(C)=O. The van der Waals surface area contributed by atoms with Gasteiger partial charge in [0.25, 0.3) is 0 Å². The zero-order valence-electron chi connectivity index (χ0n) is 16.6. The summed E-state index contributed by atoms with van der Waals surface area (Å²) in [5, 5.41) is 0. The molecule has 12 nitrogen and oxygen atoms in total. The van der Waals surface area contributed by atoms with E-state index in [4.69, 9.17) is 24.7 Å². The zero-order chi connectivity index (χ0) is 22.2. The lowest BCUT2D eigenvalue weighted by atomic mass is 9.94. The molecule has 1 fully saturated rings. The number of nitrogens with zero attached hydrogens (tertiary/aromatic N) is 3. The normalized spacial score (nSPS) is 25.8. The van der Waals surface area contributed by atoms with Crippen molar-refractivity contribution in [2.75, 3.05) is 12.3 Å². The highest BCUT2D eigenvalue weighted by Gasteiger charge is 2.60. The lowest BCUT2D eigenvalue weighted by Gasteiger charge is -2.33. The summed E-state index contributed by atoms with van der Waals surface area (Å²) in [6.07, 6.45) is -2.13. The fourth-order valence-electron chi connectivity index (χ4n) is 3.30. The first kappa shape index (κ1) is 21.6. The van der Waals surface area contributed by atoms with Crippen LogP contribution in [0.25, 0.3) is 10.3 Å². The predicted molar refractivity (Wildman–Crippen MR) is 102 cm³/mol. The first-order valence-corrected chi connectivity index (χ1v) is 9.63. The maximum atomic E-state index is 12.7. The Kier molecular flexibility index (Phi) is 5.76. The van der Waals surface area contributed by atoms with Crippen molar-refractivity contribution >= 4 is 45.5 Å². The number of hydrogen-bond donors (Lipinski definition) is 1. The molecule has 162 valence electrons. The second-order valence-electron chi connectivity index (χ2n) is 6.78. The second kappa shape index (κ2) is 7.99. The van der Waals surface area contributed by atoms with Crippen molar-refractivity contribution in [2.24, 2.45) is 0 Å². The minimum Gasteiger partial charge on any atom is -0.463 e. The van der Waals surface area contributed by atoms with E-state index in [1.54, 1.807) is 0 Å². The van der Waals surface area contributed by atoms with Crippen LogP contribution in [0.3, 0.4) is 0 Å². The molecule has 1 unspecified atom stereocenters. The average Bonchev–Trinajstić information content (AvgIpc) is 3.06. The summed E-state index contributed by atoms with van der Waals surface area (Å²) in [5.41, 5.74) is 4.26. The van der Waals surface area contributed by atoms with Gasteiger partial charge in [-0.25, -0.2) is 4.98 Å². The summed E-state index contributed by atoms with van der Waals surface area (Å²) in [6, 6.07) is 0. The van der Waals surface area contributed by atoms with Crippen molar-refractivity contribution in [1.82, 2.24) is 14.5 Å². The van der Waals surface area contributed by atoms with Crippen molar-refractivity contribution in [1.29, 1.82) is 0 Å². The van der Waals surface area contributed by atoms with Gasteiger partial charge < -0.3 is 24.7 Å². The minimum atomic E-state index is -1.57. The van der Waals surface area contributed by atoms with Gasteiger partial charge in [-0.05, 0) is 6.92 Å². The molecule has 2 N–H and O–H groups in total. The van der Waals surface area contributed by atoms with Gasteiger partial charge in [0.2, 0.25) is 5.95 Å². The van der Waals surface area contributed by atoms with Crippen LogP contribution in [0.5, 0.6) is 0 Å². The number of carbonyl (C=O) groups is 3. The molecule has 0 amide bonds. The third kappa shape index (κ3) is 3.98. The Balaban J connectivity index is 2.15. The summed E-state index contributed by atoms with van der Waals surface area (Å²) in [7, 11) is 0. The van der Waals surface area contributed by atoms with Gasteiger partial charge in [0.05, 0.1) is 10.9 Å². The second-order valence-corrected chi connectivity index (χ2v) is 7.77. The molecule has 0 spiro atoms. The quantitative estimate of drug-likeness (QED) is 0.497. The summed E-state index contributed by atoms with van der Waals surface area (Å²) < 4.78 is 23.4. The van der Waals surface area contributed by atoms with Crippen LogP contribution in [0.15, 0.2) is 11.0 Å². The Morgan fingerprint density at radius 3 is 2.57 bits per heavy atom. The van der Waals surface area contributed by atoms with Gasteiger partial charge >= 0.3 is 22.8 Å². The topological polar surface area (TPSA) is 162 Å². The molecule has 1 aliphatic rings. The van der Waals surface area contributed by atoms with Crippen LogP contribution >= 0.6 is 11.3 Å². The van der Waals surface area contributed by atoms with Crippen LogP contribution in [0.1, 0.15) is 33.9 Å². The molecule has 0 aliphatic carbocycles. The minimum absolute atomic E-state index is 0.0738. The first-order valence-electron chi connectivity index (χ1n) is 8.82. The van der Waals surface area contributed by atoms with Crippen LogP contribution in [-0.4, -0.2) is 56.9 Å². The molecule has 4 atom stereocenters. The van der Waals surface area contributed by atoms with Gasteiger partial charge in [0.1, 0.15) is 12.7 Å². The van der Waals surface area contributed by atoms with E-state index in [1.165, 1.54) is 33.9 Å². The third-order valence-corrected chi connectivity index (χ3v) is 5.37. The number of fused-ring (bicyclic) bond motifs is 1. The highest BCUT2D eigenvalue weighted by Crippen LogP contribution is 2.43. The van der Waals surface area contributed by atoms with Gasteiger partial charge in [0, 0.05) is 20.8 Å². The molecule has 3 rings (SSSR count). The Hall–Kier alpha value is -3.06. The summed E-state index contributed by atoms with van der Waals surface area (Å²) >= 11 is 0.842. The molecule has 0 radical (unpaired) electrons. The van der Waals surface area contributed by atoms with E-state index in [9.17, 15) is 19.2 Å². The molecule has 1 aliphatic heterocycles. The Morgan fingerprint density at radius 2 is 1.97 bits per heavy atom. The van der Waals surface area contributed by atoms with Gasteiger partial charge in [0.15, 0.2) is 23.6 Å².